The van der Waals surface area contributed by atoms with Crippen molar-refractivity contribution in [1.29, 1.82) is 0 Å². The lowest BCUT2D eigenvalue weighted by Crippen LogP contribution is -2.44. The van der Waals surface area contributed by atoms with Crippen LogP contribution in [0.15, 0.2) is 0 Å². The van der Waals surface area contributed by atoms with Gasteiger partial charge in [0.25, 0.3) is 5.91 Å². The molecule has 9 nitrogen and oxygen atoms in total. The first kappa shape index (κ1) is 14.6. The van der Waals surface area contributed by atoms with Gasteiger partial charge in [-0.15, -0.1) is 0 Å². The number of carboxylic acids is 1. The van der Waals surface area contributed by atoms with Crippen LogP contribution in [0.2, 0.25) is 0 Å². The fraction of sp³-hybridized carbons (Fsp3) is 0.500. The molecule has 0 radical (unpaired) electrons. The maximum atomic E-state index is 11.8. The average Bonchev–Trinajstić information content (AvgIpc) is 2.66. The van der Waals surface area contributed by atoms with Crippen LogP contribution >= 0.6 is 0 Å². The number of nitrogens with one attached hydrogen (secondary N) is 2. The standard InChI is InChI=1S/C10H14N4O5/c1-4(2)6(10(16)17)11-9(15)7-8(14(18)19)5(3)12-13-7/h4,6H,1-3H3,(H,11,15)(H,12,13)(H,16,17)/t6-/m1/s1. The molecule has 0 saturated carbocycles. The smallest absolute Gasteiger partial charge is 0.326 e. The Morgan fingerprint density at radius 1 is 1.47 bits per heavy atom. The highest BCUT2D eigenvalue weighted by molar-refractivity contribution is 5.98. The van der Waals surface area contributed by atoms with Crippen LogP contribution in [0, 0.1) is 23.0 Å². The van der Waals surface area contributed by atoms with Crippen molar-refractivity contribution in [3.8, 4) is 0 Å². The van der Waals surface area contributed by atoms with Gasteiger partial charge in [0.2, 0.25) is 5.69 Å². The summed E-state index contributed by atoms with van der Waals surface area (Å²) in [6.07, 6.45) is 0. The van der Waals surface area contributed by atoms with Crippen molar-refractivity contribution < 1.29 is 19.6 Å². The number of aromatic amines is 1. The molecule has 1 aromatic rings. The van der Waals surface area contributed by atoms with E-state index in [1.165, 1.54) is 6.92 Å². The summed E-state index contributed by atoms with van der Waals surface area (Å²) in [6, 6.07) is -1.14. The van der Waals surface area contributed by atoms with Crippen LogP contribution in [0.4, 0.5) is 5.69 Å². The van der Waals surface area contributed by atoms with E-state index in [-0.39, 0.29) is 11.6 Å². The number of aryl methyl sites for hydroxylation is 1. The molecule has 1 rings (SSSR count). The van der Waals surface area contributed by atoms with Crippen LogP contribution in [0.25, 0.3) is 0 Å². The number of aromatic nitrogens is 2. The summed E-state index contributed by atoms with van der Waals surface area (Å²) in [7, 11) is 0. The molecule has 19 heavy (non-hydrogen) atoms. The van der Waals surface area contributed by atoms with Gasteiger partial charge in [-0.2, -0.15) is 5.10 Å². The van der Waals surface area contributed by atoms with Gasteiger partial charge < -0.3 is 10.4 Å². The first-order valence-corrected chi connectivity index (χ1v) is 5.48. The minimum atomic E-state index is -1.21. The van der Waals surface area contributed by atoms with Crippen LogP contribution < -0.4 is 5.32 Å². The fourth-order valence-corrected chi connectivity index (χ4v) is 1.53. The zero-order valence-electron chi connectivity index (χ0n) is 10.6. The molecule has 0 aliphatic rings. The van der Waals surface area contributed by atoms with Crippen molar-refractivity contribution in [3.63, 3.8) is 0 Å². The van der Waals surface area contributed by atoms with E-state index in [0.29, 0.717) is 0 Å². The number of nitro groups is 1. The molecular formula is C10H14N4O5. The van der Waals surface area contributed by atoms with Crippen molar-refractivity contribution in [1.82, 2.24) is 15.5 Å². The molecule has 3 N–H and O–H groups in total. The third kappa shape index (κ3) is 3.06. The summed E-state index contributed by atoms with van der Waals surface area (Å²) >= 11 is 0. The average molecular weight is 270 g/mol. The molecule has 0 spiro atoms. The topological polar surface area (TPSA) is 138 Å². The molecule has 104 valence electrons. The number of carboxylic acid groups (broad SMARTS) is 1. The summed E-state index contributed by atoms with van der Waals surface area (Å²) in [4.78, 5) is 32.9. The van der Waals surface area contributed by atoms with E-state index in [1.54, 1.807) is 13.8 Å². The van der Waals surface area contributed by atoms with Crippen molar-refractivity contribution in [3.05, 3.63) is 21.5 Å². The van der Waals surface area contributed by atoms with Crippen molar-refractivity contribution in [2.45, 2.75) is 26.8 Å². The molecule has 0 fully saturated rings. The number of hydrogen-bond acceptors (Lipinski definition) is 5. The van der Waals surface area contributed by atoms with Gasteiger partial charge in [-0.3, -0.25) is 20.0 Å². The number of aliphatic carboxylic acids is 1. The molecule has 1 heterocycles. The van der Waals surface area contributed by atoms with Gasteiger partial charge in [-0.1, -0.05) is 13.8 Å². The van der Waals surface area contributed by atoms with Gasteiger partial charge in [-0.25, -0.2) is 4.79 Å². The first-order chi connectivity index (χ1) is 8.75. The SMILES string of the molecule is Cc1[nH]nc(C(=O)N[C@@H](C(=O)O)C(C)C)c1[N+](=O)[O-]. The number of rotatable bonds is 5. The van der Waals surface area contributed by atoms with Crippen LogP contribution in [0.5, 0.6) is 0 Å². The molecule has 0 aromatic carbocycles. The Kier molecular flexibility index (Phi) is 4.20. The van der Waals surface area contributed by atoms with E-state index < -0.39 is 34.2 Å². The highest BCUT2D eigenvalue weighted by Crippen LogP contribution is 2.20. The Labute approximate surface area is 108 Å². The second-order valence-electron chi connectivity index (χ2n) is 4.34. The summed E-state index contributed by atoms with van der Waals surface area (Å²) in [5.41, 5.74) is -0.744. The normalized spacial score (nSPS) is 12.2. The second-order valence-corrected chi connectivity index (χ2v) is 4.34. The number of carbonyl (C=O) groups excluding carboxylic acids is 1. The summed E-state index contributed by atoms with van der Waals surface area (Å²) in [5.74, 6) is -2.46. The molecule has 0 aliphatic carbocycles. The molecule has 1 atom stereocenters. The minimum Gasteiger partial charge on any atom is -0.480 e. The summed E-state index contributed by atoms with van der Waals surface area (Å²) in [5, 5.41) is 27.8. The van der Waals surface area contributed by atoms with Crippen LogP contribution in [-0.2, 0) is 4.79 Å². The lowest BCUT2D eigenvalue weighted by Gasteiger charge is -2.16. The van der Waals surface area contributed by atoms with Gasteiger partial charge in [0, 0.05) is 0 Å². The third-order valence-electron chi connectivity index (χ3n) is 2.53. The lowest BCUT2D eigenvalue weighted by atomic mass is 10.0. The van der Waals surface area contributed by atoms with Gasteiger partial charge in [0.1, 0.15) is 11.7 Å². The molecule has 0 aliphatic heterocycles. The zero-order chi connectivity index (χ0) is 14.7. The largest absolute Gasteiger partial charge is 0.480 e. The maximum Gasteiger partial charge on any atom is 0.326 e. The Balaban J connectivity index is 3.02. The maximum absolute atomic E-state index is 11.8. The molecule has 1 aromatic heterocycles. The van der Waals surface area contributed by atoms with E-state index >= 15 is 0 Å². The van der Waals surface area contributed by atoms with Gasteiger partial charge >= 0.3 is 11.7 Å². The molecule has 0 unspecified atom stereocenters. The van der Waals surface area contributed by atoms with E-state index in [2.05, 4.69) is 15.5 Å². The number of H-pyrrole nitrogens is 1. The van der Waals surface area contributed by atoms with E-state index in [1.807, 2.05) is 0 Å². The van der Waals surface area contributed by atoms with Crippen molar-refractivity contribution >= 4 is 17.6 Å². The van der Waals surface area contributed by atoms with E-state index in [4.69, 9.17) is 5.11 Å². The number of nitrogens with zero attached hydrogens (tertiary/aromatic N) is 2. The minimum absolute atomic E-state index is 0.131. The zero-order valence-corrected chi connectivity index (χ0v) is 10.6. The number of hydrogen-bond donors (Lipinski definition) is 3. The number of amides is 1. The number of carbonyl (C=O) groups is 2. The Bertz CT molecular complexity index is 522. The summed E-state index contributed by atoms with van der Waals surface area (Å²) < 4.78 is 0. The van der Waals surface area contributed by atoms with E-state index in [9.17, 15) is 19.7 Å². The second kappa shape index (κ2) is 5.46. The fourth-order valence-electron chi connectivity index (χ4n) is 1.53. The van der Waals surface area contributed by atoms with E-state index in [0.717, 1.165) is 0 Å². The molecule has 0 bridgehead atoms. The highest BCUT2D eigenvalue weighted by Gasteiger charge is 2.31. The van der Waals surface area contributed by atoms with Crippen molar-refractivity contribution in [2.75, 3.05) is 0 Å². The van der Waals surface area contributed by atoms with Gasteiger partial charge in [-0.05, 0) is 12.8 Å². The molecule has 9 heteroatoms. The predicted molar refractivity (Wildman–Crippen MR) is 63.7 cm³/mol. The third-order valence-corrected chi connectivity index (χ3v) is 2.53. The Hall–Kier alpha value is -2.45. The van der Waals surface area contributed by atoms with Crippen LogP contribution in [-0.4, -0.2) is 38.1 Å². The Morgan fingerprint density at radius 3 is 2.47 bits per heavy atom. The van der Waals surface area contributed by atoms with Gasteiger partial charge in [0.05, 0.1) is 4.92 Å². The van der Waals surface area contributed by atoms with Crippen molar-refractivity contribution in [2.24, 2.45) is 5.92 Å². The Morgan fingerprint density at radius 2 is 2.05 bits per heavy atom. The quantitative estimate of drug-likeness (QED) is 0.525. The van der Waals surface area contributed by atoms with Gasteiger partial charge in [0.15, 0.2) is 0 Å². The molecular weight excluding hydrogens is 256 g/mol. The van der Waals surface area contributed by atoms with Crippen LogP contribution in [0.1, 0.15) is 30.0 Å². The highest BCUT2D eigenvalue weighted by atomic mass is 16.6. The monoisotopic (exact) mass is 270 g/mol. The summed E-state index contributed by atoms with van der Waals surface area (Å²) in [6.45, 7) is 4.63. The molecule has 0 saturated heterocycles. The lowest BCUT2D eigenvalue weighted by molar-refractivity contribution is -0.385. The van der Waals surface area contributed by atoms with Crippen LogP contribution in [0.3, 0.4) is 0 Å². The predicted octanol–water partition coefficient (Wildman–Crippen LogP) is 0.465. The molecule has 1 amide bonds. The first-order valence-electron chi connectivity index (χ1n) is 5.48.